The lowest BCUT2D eigenvalue weighted by Gasteiger charge is -2.16. The molecule has 1 rings (SSSR count). The lowest BCUT2D eigenvalue weighted by Crippen LogP contribution is -2.27. The predicted molar refractivity (Wildman–Crippen MR) is 62.2 cm³/mol. The van der Waals surface area contributed by atoms with Crippen molar-refractivity contribution in [2.24, 2.45) is 0 Å². The molecule has 0 spiro atoms. The van der Waals surface area contributed by atoms with Crippen molar-refractivity contribution in [1.82, 2.24) is 5.32 Å². The number of hydrogen-bond donors (Lipinski definition) is 1. The molecular weight excluding hydrogens is 189 g/mol. The van der Waals surface area contributed by atoms with Crippen LogP contribution in [0.5, 0.6) is 0 Å². The maximum atomic E-state index is 13.3. The summed E-state index contributed by atoms with van der Waals surface area (Å²) in [6.07, 6.45) is 3.43. The SMILES string of the molecule is CCCC(CC)NCc1ccccc1F. The van der Waals surface area contributed by atoms with Crippen LogP contribution < -0.4 is 5.32 Å². The van der Waals surface area contributed by atoms with Crippen molar-refractivity contribution in [3.05, 3.63) is 35.6 Å². The fourth-order valence-corrected chi connectivity index (χ4v) is 1.70. The van der Waals surface area contributed by atoms with Crippen LogP contribution in [0.4, 0.5) is 4.39 Å². The number of rotatable bonds is 6. The Labute approximate surface area is 91.7 Å². The molecule has 0 fully saturated rings. The highest BCUT2D eigenvalue weighted by Crippen LogP contribution is 2.08. The van der Waals surface area contributed by atoms with Crippen molar-refractivity contribution in [2.45, 2.75) is 45.7 Å². The standard InChI is InChI=1S/C13H20FN/c1-3-7-12(4-2)15-10-11-8-5-6-9-13(11)14/h5-6,8-9,12,15H,3-4,7,10H2,1-2H3. The molecule has 1 N–H and O–H groups in total. The number of halogens is 1. The van der Waals surface area contributed by atoms with Crippen LogP contribution in [0.1, 0.15) is 38.7 Å². The second-order valence-electron chi connectivity index (χ2n) is 3.87. The first-order valence-corrected chi connectivity index (χ1v) is 5.74. The smallest absolute Gasteiger partial charge is 0.127 e. The molecule has 1 aromatic rings. The van der Waals surface area contributed by atoms with E-state index in [2.05, 4.69) is 19.2 Å². The third kappa shape index (κ3) is 4.00. The zero-order chi connectivity index (χ0) is 11.1. The van der Waals surface area contributed by atoms with Gasteiger partial charge in [0.15, 0.2) is 0 Å². The molecule has 0 amide bonds. The molecule has 0 aromatic heterocycles. The molecule has 0 aliphatic carbocycles. The van der Waals surface area contributed by atoms with Gasteiger partial charge in [0.05, 0.1) is 0 Å². The summed E-state index contributed by atoms with van der Waals surface area (Å²) in [7, 11) is 0. The van der Waals surface area contributed by atoms with E-state index >= 15 is 0 Å². The highest BCUT2D eigenvalue weighted by Gasteiger charge is 2.05. The quantitative estimate of drug-likeness (QED) is 0.756. The van der Waals surface area contributed by atoms with Crippen LogP contribution in [0.15, 0.2) is 24.3 Å². The Morgan fingerprint density at radius 2 is 2.00 bits per heavy atom. The Bertz CT molecular complexity index is 286. The Kier molecular flexibility index (Phi) is 5.33. The Morgan fingerprint density at radius 3 is 2.60 bits per heavy atom. The largest absolute Gasteiger partial charge is 0.310 e. The molecule has 0 saturated heterocycles. The van der Waals surface area contributed by atoms with Gasteiger partial charge in [-0.3, -0.25) is 0 Å². The summed E-state index contributed by atoms with van der Waals surface area (Å²) in [6.45, 7) is 4.97. The van der Waals surface area contributed by atoms with Gasteiger partial charge in [0.1, 0.15) is 5.82 Å². The van der Waals surface area contributed by atoms with Gasteiger partial charge in [-0.05, 0) is 18.9 Å². The van der Waals surface area contributed by atoms with E-state index < -0.39 is 0 Å². The third-order valence-corrected chi connectivity index (χ3v) is 2.67. The maximum absolute atomic E-state index is 13.3. The summed E-state index contributed by atoms with van der Waals surface area (Å²) in [4.78, 5) is 0. The first-order valence-electron chi connectivity index (χ1n) is 5.74. The minimum absolute atomic E-state index is 0.114. The molecule has 0 heterocycles. The van der Waals surface area contributed by atoms with Crippen LogP contribution in [0.25, 0.3) is 0 Å². The second-order valence-corrected chi connectivity index (χ2v) is 3.87. The van der Waals surface area contributed by atoms with Crippen molar-refractivity contribution in [2.75, 3.05) is 0 Å². The summed E-state index contributed by atoms with van der Waals surface area (Å²) < 4.78 is 13.3. The number of nitrogens with one attached hydrogen (secondary N) is 1. The summed E-state index contributed by atoms with van der Waals surface area (Å²) in [5.41, 5.74) is 0.757. The maximum Gasteiger partial charge on any atom is 0.127 e. The van der Waals surface area contributed by atoms with Crippen LogP contribution in [0.3, 0.4) is 0 Å². The van der Waals surface area contributed by atoms with E-state index in [1.807, 2.05) is 12.1 Å². The molecule has 1 unspecified atom stereocenters. The Balaban J connectivity index is 2.45. The molecule has 0 radical (unpaired) electrons. The van der Waals surface area contributed by atoms with Gasteiger partial charge in [0.25, 0.3) is 0 Å². The van der Waals surface area contributed by atoms with Crippen molar-refractivity contribution < 1.29 is 4.39 Å². The fourth-order valence-electron chi connectivity index (χ4n) is 1.70. The molecule has 84 valence electrons. The summed E-state index contributed by atoms with van der Waals surface area (Å²) in [5, 5.41) is 3.39. The molecule has 2 heteroatoms. The first kappa shape index (κ1) is 12.2. The number of hydrogen-bond acceptors (Lipinski definition) is 1. The topological polar surface area (TPSA) is 12.0 Å². The van der Waals surface area contributed by atoms with E-state index in [1.54, 1.807) is 6.07 Å². The number of benzene rings is 1. The van der Waals surface area contributed by atoms with Crippen molar-refractivity contribution >= 4 is 0 Å². The summed E-state index contributed by atoms with van der Waals surface area (Å²) in [6, 6.07) is 7.46. The zero-order valence-corrected chi connectivity index (χ0v) is 9.59. The molecular formula is C13H20FN. The Hall–Kier alpha value is -0.890. The molecule has 15 heavy (non-hydrogen) atoms. The highest BCUT2D eigenvalue weighted by molar-refractivity contribution is 5.16. The summed E-state index contributed by atoms with van der Waals surface area (Å²) >= 11 is 0. The lowest BCUT2D eigenvalue weighted by atomic mass is 10.1. The van der Waals surface area contributed by atoms with E-state index in [4.69, 9.17) is 0 Å². The van der Waals surface area contributed by atoms with E-state index in [1.165, 1.54) is 12.5 Å². The predicted octanol–water partition coefficient (Wildman–Crippen LogP) is 3.49. The molecule has 0 bridgehead atoms. The fraction of sp³-hybridized carbons (Fsp3) is 0.538. The molecule has 0 saturated carbocycles. The van der Waals surface area contributed by atoms with Crippen molar-refractivity contribution in [3.8, 4) is 0 Å². The van der Waals surface area contributed by atoms with Crippen LogP contribution in [0, 0.1) is 5.82 Å². The van der Waals surface area contributed by atoms with E-state index in [0.29, 0.717) is 12.6 Å². The second kappa shape index (κ2) is 6.57. The molecule has 0 aliphatic rings. The van der Waals surface area contributed by atoms with Crippen molar-refractivity contribution in [1.29, 1.82) is 0 Å². The van der Waals surface area contributed by atoms with Gasteiger partial charge in [-0.15, -0.1) is 0 Å². The molecule has 0 aliphatic heterocycles. The molecule has 1 atom stereocenters. The van der Waals surface area contributed by atoms with E-state index in [-0.39, 0.29) is 5.82 Å². The first-order chi connectivity index (χ1) is 7.27. The van der Waals surface area contributed by atoms with Gasteiger partial charge < -0.3 is 5.32 Å². The van der Waals surface area contributed by atoms with Crippen LogP contribution in [-0.2, 0) is 6.54 Å². The average molecular weight is 209 g/mol. The van der Waals surface area contributed by atoms with Gasteiger partial charge in [0, 0.05) is 18.2 Å². The summed E-state index contributed by atoms with van der Waals surface area (Å²) in [5.74, 6) is -0.114. The molecule has 1 nitrogen and oxygen atoms in total. The zero-order valence-electron chi connectivity index (χ0n) is 9.59. The van der Waals surface area contributed by atoms with Crippen molar-refractivity contribution in [3.63, 3.8) is 0 Å². The lowest BCUT2D eigenvalue weighted by molar-refractivity contribution is 0.455. The van der Waals surface area contributed by atoms with E-state index in [9.17, 15) is 4.39 Å². The van der Waals surface area contributed by atoms with Crippen LogP contribution in [0.2, 0.25) is 0 Å². The third-order valence-electron chi connectivity index (χ3n) is 2.67. The van der Waals surface area contributed by atoms with Gasteiger partial charge in [-0.25, -0.2) is 4.39 Å². The van der Waals surface area contributed by atoms with Gasteiger partial charge in [-0.2, -0.15) is 0 Å². The average Bonchev–Trinajstić information content (AvgIpc) is 2.26. The van der Waals surface area contributed by atoms with Gasteiger partial charge in [0.2, 0.25) is 0 Å². The Morgan fingerprint density at radius 1 is 1.27 bits per heavy atom. The minimum atomic E-state index is -0.114. The molecule has 1 aromatic carbocycles. The normalized spacial score (nSPS) is 12.7. The minimum Gasteiger partial charge on any atom is -0.310 e. The van der Waals surface area contributed by atoms with Gasteiger partial charge in [-0.1, -0.05) is 38.5 Å². The van der Waals surface area contributed by atoms with Crippen LogP contribution >= 0.6 is 0 Å². The monoisotopic (exact) mass is 209 g/mol. The van der Waals surface area contributed by atoms with E-state index in [0.717, 1.165) is 18.4 Å². The van der Waals surface area contributed by atoms with Crippen LogP contribution in [-0.4, -0.2) is 6.04 Å². The highest BCUT2D eigenvalue weighted by atomic mass is 19.1. The van der Waals surface area contributed by atoms with Gasteiger partial charge >= 0.3 is 0 Å².